The van der Waals surface area contributed by atoms with E-state index in [1.807, 2.05) is 0 Å². The van der Waals surface area contributed by atoms with Crippen molar-refractivity contribution in [1.29, 1.82) is 0 Å². The van der Waals surface area contributed by atoms with Crippen LogP contribution in [0, 0.1) is 30.3 Å². The van der Waals surface area contributed by atoms with Gasteiger partial charge in [-0.05, 0) is 0 Å². The Morgan fingerprint density at radius 2 is 1.05 bits per heavy atom. The lowest BCUT2D eigenvalue weighted by Crippen LogP contribution is -2.64. The smallest absolute Gasteiger partial charge is 0.300 e. The Bertz CT molecular complexity index is 402. The molecule has 0 saturated heterocycles. The van der Waals surface area contributed by atoms with Gasteiger partial charge in [-0.1, -0.05) is 26.9 Å². The van der Waals surface area contributed by atoms with Gasteiger partial charge in [-0.3, -0.25) is 35.1 Å². The summed E-state index contributed by atoms with van der Waals surface area (Å²) in [6, 6.07) is 0. The Hall–Kier alpha value is -2.38. The molecule has 0 unspecified atom stereocenters. The predicted molar refractivity (Wildman–Crippen MR) is 44.6 cm³/mol. The fraction of sp³-hybridized carbons (Fsp3) is 1.00. The molecule has 0 aliphatic heterocycles. The molecule has 0 N–H and O–H groups in total. The Kier molecular flexibility index (Phi) is 5.88. The highest BCUT2D eigenvalue weighted by molar-refractivity contribution is 4.60. The predicted octanol–water partition coefficient (Wildman–Crippen LogP) is 0.311. The van der Waals surface area contributed by atoms with E-state index in [2.05, 4.69) is 4.74 Å². The van der Waals surface area contributed by atoms with Crippen molar-refractivity contribution in [1.82, 2.24) is 16.0 Å². The third kappa shape index (κ3) is 2.95. The molecule has 0 aromatic carbocycles. The highest BCUT2D eigenvalue weighted by Gasteiger charge is 2.73. The molecule has 0 atom stereocenters. The standard InChI is InChI=1S/C3H2F6N6O7/c4-10(5)3(11(6)7,12(8)9)22-1-2(13(16)17,14(18)19)15(20)21/h1H2. The molecule has 0 rings (SSSR count). The molecular weight excluding hydrogens is 346 g/mol. The third-order valence-corrected chi connectivity index (χ3v) is 2.00. The van der Waals surface area contributed by atoms with Gasteiger partial charge in [0, 0.05) is 0 Å². The molecule has 0 spiro atoms. The quantitative estimate of drug-likeness (QED) is 0.187. The van der Waals surface area contributed by atoms with Crippen molar-refractivity contribution in [3.05, 3.63) is 30.3 Å². The van der Waals surface area contributed by atoms with Crippen LogP contribution in [0.2, 0.25) is 0 Å². The van der Waals surface area contributed by atoms with Crippen molar-refractivity contribution in [3.8, 4) is 0 Å². The number of hydrogen-bond donors (Lipinski definition) is 0. The van der Waals surface area contributed by atoms with Crippen LogP contribution in [-0.2, 0) is 4.74 Å². The molecule has 0 aromatic heterocycles. The summed E-state index contributed by atoms with van der Waals surface area (Å²) in [5.41, 5.74) is 0. The maximum Gasteiger partial charge on any atom is 0.723 e. The molecule has 0 aromatic rings. The van der Waals surface area contributed by atoms with Crippen LogP contribution in [-0.4, -0.2) is 49.2 Å². The minimum absolute atomic E-state index is 2.31. The highest BCUT2D eigenvalue weighted by atomic mass is 19.4. The van der Waals surface area contributed by atoms with Gasteiger partial charge in [0.1, 0.15) is 0 Å². The maximum absolute atomic E-state index is 12.2. The Morgan fingerprint density at radius 3 is 1.23 bits per heavy atom. The van der Waals surface area contributed by atoms with Gasteiger partial charge in [-0.15, -0.1) is 0 Å². The van der Waals surface area contributed by atoms with E-state index >= 15 is 0 Å². The van der Waals surface area contributed by atoms with Gasteiger partial charge in [0.05, 0.1) is 16.0 Å². The Labute approximate surface area is 112 Å². The molecule has 22 heavy (non-hydrogen) atoms. The second-order valence-corrected chi connectivity index (χ2v) is 3.11. The average Bonchev–Trinajstić information content (AvgIpc) is 2.31. The van der Waals surface area contributed by atoms with E-state index in [0.717, 1.165) is 0 Å². The van der Waals surface area contributed by atoms with Crippen LogP contribution < -0.4 is 0 Å². The van der Waals surface area contributed by atoms with E-state index < -0.39 is 49.2 Å². The molecule has 0 amide bonds. The SMILES string of the molecule is O=[N+]([O-])C(COC(N(F)F)(N(F)F)N(F)F)([N+](=O)[O-])[N+](=O)[O-]. The van der Waals surface area contributed by atoms with E-state index in [1.165, 1.54) is 0 Å². The first-order valence-electron chi connectivity index (χ1n) is 4.30. The minimum Gasteiger partial charge on any atom is -0.300 e. The molecule has 0 heterocycles. The summed E-state index contributed by atoms with van der Waals surface area (Å²) in [6.45, 7) is -2.79. The lowest BCUT2D eigenvalue weighted by molar-refractivity contribution is -0.971. The van der Waals surface area contributed by atoms with Gasteiger partial charge >= 0.3 is 11.8 Å². The highest BCUT2D eigenvalue weighted by Crippen LogP contribution is 2.31. The minimum atomic E-state index is -5.45. The zero-order valence-corrected chi connectivity index (χ0v) is 9.52. The first-order chi connectivity index (χ1) is 9.87. The molecule has 13 nitrogen and oxygen atoms in total. The van der Waals surface area contributed by atoms with Crippen molar-refractivity contribution >= 4 is 0 Å². The largest absolute Gasteiger partial charge is 0.723 e. The molecule has 128 valence electrons. The summed E-state index contributed by atoms with van der Waals surface area (Å²) in [6.07, 6.45) is 0. The van der Waals surface area contributed by atoms with Crippen LogP contribution in [0.1, 0.15) is 0 Å². The van der Waals surface area contributed by atoms with E-state index in [0.29, 0.717) is 0 Å². The van der Waals surface area contributed by atoms with Gasteiger partial charge in [0.25, 0.3) is 6.61 Å². The lowest BCUT2D eigenvalue weighted by atomic mass is 10.4. The summed E-state index contributed by atoms with van der Waals surface area (Å²) in [5.74, 6) is -10.1. The number of halogens is 6. The summed E-state index contributed by atoms with van der Waals surface area (Å²) < 4.78 is 76.2. The van der Waals surface area contributed by atoms with Crippen molar-refractivity contribution in [2.75, 3.05) is 6.61 Å². The Morgan fingerprint density at radius 1 is 0.773 bits per heavy atom. The van der Waals surface area contributed by atoms with Gasteiger partial charge < -0.3 is 0 Å². The number of ether oxygens (including phenoxy) is 1. The summed E-state index contributed by atoms with van der Waals surface area (Å²) in [7, 11) is 0. The van der Waals surface area contributed by atoms with Crippen molar-refractivity contribution in [2.45, 2.75) is 11.8 Å². The molecule has 0 aliphatic rings. The van der Waals surface area contributed by atoms with Crippen LogP contribution >= 0.6 is 0 Å². The van der Waals surface area contributed by atoms with Gasteiger partial charge in [-0.25, -0.2) is 0 Å². The van der Waals surface area contributed by atoms with Gasteiger partial charge in [-0.2, -0.15) is 0 Å². The van der Waals surface area contributed by atoms with Crippen molar-refractivity contribution < 1.29 is 46.4 Å². The van der Waals surface area contributed by atoms with Crippen LogP contribution in [0.3, 0.4) is 0 Å². The van der Waals surface area contributed by atoms with E-state index in [9.17, 15) is 57.2 Å². The molecule has 19 heteroatoms. The van der Waals surface area contributed by atoms with Crippen molar-refractivity contribution in [2.24, 2.45) is 0 Å². The average molecular weight is 348 g/mol. The normalized spacial score (nSPS) is 13.0. The second kappa shape index (κ2) is 6.59. The molecular formula is C3H2F6N6O7. The number of rotatable bonds is 9. The number of nitro groups is 3. The fourth-order valence-corrected chi connectivity index (χ4v) is 0.870. The fourth-order valence-electron chi connectivity index (χ4n) is 0.870. The number of hydrogen-bond acceptors (Lipinski definition) is 10. The third-order valence-electron chi connectivity index (χ3n) is 2.00. The monoisotopic (exact) mass is 348 g/mol. The van der Waals surface area contributed by atoms with Gasteiger partial charge in [0.2, 0.25) is 0 Å². The Balaban J connectivity index is 5.81. The molecule has 0 saturated carbocycles. The zero-order chi connectivity index (χ0) is 17.9. The number of nitrogens with zero attached hydrogens (tertiary/aromatic N) is 6. The topological polar surface area (TPSA) is 148 Å². The van der Waals surface area contributed by atoms with Crippen molar-refractivity contribution in [3.63, 3.8) is 0 Å². The zero-order valence-electron chi connectivity index (χ0n) is 9.52. The summed E-state index contributed by atoms with van der Waals surface area (Å²) in [5, 5.41) is 22.0. The maximum atomic E-state index is 12.2. The molecule has 0 bridgehead atoms. The summed E-state index contributed by atoms with van der Waals surface area (Å²) in [4.78, 5) is 24.2. The van der Waals surface area contributed by atoms with Crippen LogP contribution in [0.4, 0.5) is 26.9 Å². The van der Waals surface area contributed by atoms with Crippen LogP contribution in [0.25, 0.3) is 0 Å². The van der Waals surface area contributed by atoms with E-state index in [1.54, 1.807) is 0 Å². The van der Waals surface area contributed by atoms with Crippen LogP contribution in [0.5, 0.6) is 0 Å². The van der Waals surface area contributed by atoms with E-state index in [4.69, 9.17) is 0 Å². The second-order valence-electron chi connectivity index (χ2n) is 3.11. The van der Waals surface area contributed by atoms with E-state index in [-0.39, 0.29) is 0 Å². The molecule has 0 fully saturated rings. The first-order valence-corrected chi connectivity index (χ1v) is 4.30. The first kappa shape index (κ1) is 19.6. The lowest BCUT2D eigenvalue weighted by Gasteiger charge is -2.30. The van der Waals surface area contributed by atoms with Crippen LogP contribution in [0.15, 0.2) is 0 Å². The molecule has 0 aliphatic carbocycles. The van der Waals surface area contributed by atoms with Gasteiger partial charge in [0.15, 0.2) is 14.8 Å². The summed E-state index contributed by atoms with van der Waals surface area (Å²) >= 11 is 0. The molecule has 0 radical (unpaired) electrons.